The highest BCUT2D eigenvalue weighted by atomic mass is 31.2. The van der Waals surface area contributed by atoms with Crippen molar-refractivity contribution in [1.29, 1.82) is 0 Å². The van der Waals surface area contributed by atoms with Crippen LogP contribution < -0.4 is 11.3 Å². The maximum Gasteiger partial charge on any atom is 0.472 e. The van der Waals surface area contributed by atoms with E-state index >= 15 is 0 Å². The number of nitrogens with two attached hydrogens (primary N) is 1. The van der Waals surface area contributed by atoms with Crippen LogP contribution in [0.25, 0.3) is 22.2 Å². The van der Waals surface area contributed by atoms with E-state index in [0.29, 0.717) is 11.0 Å². The van der Waals surface area contributed by atoms with Crippen molar-refractivity contribution in [2.24, 2.45) is 0 Å². The number of nitrogens with one attached hydrogen (secondary N) is 1. The summed E-state index contributed by atoms with van der Waals surface area (Å²) in [6.45, 7) is -1.55. The molecule has 4 aromatic rings. The molecule has 3 fully saturated rings. The Balaban J connectivity index is 1.22. The summed E-state index contributed by atoms with van der Waals surface area (Å²) in [7, 11) is -10.1. The molecule has 3 aliphatic rings. The van der Waals surface area contributed by atoms with Gasteiger partial charge in [-0.25, -0.2) is 19.1 Å². The van der Waals surface area contributed by atoms with Gasteiger partial charge in [-0.2, -0.15) is 4.98 Å². The van der Waals surface area contributed by atoms with Crippen molar-refractivity contribution >= 4 is 43.8 Å². The number of aromatic amines is 1. The Morgan fingerprint density at radius 2 is 1.45 bits per heavy atom. The predicted molar refractivity (Wildman–Crippen MR) is 143 cm³/mol. The maximum absolute atomic E-state index is 13.1. The zero-order chi connectivity index (χ0) is 31.0. The lowest BCUT2D eigenvalue weighted by atomic mass is 10.1. The van der Waals surface area contributed by atoms with Crippen LogP contribution in [-0.4, -0.2) is 98.9 Å². The van der Waals surface area contributed by atoms with Crippen molar-refractivity contribution in [1.82, 2.24) is 29.1 Å². The smallest absolute Gasteiger partial charge is 0.387 e. The third-order valence-electron chi connectivity index (χ3n) is 7.42. The number of H-pyrrole nitrogens is 1. The number of phosphoric acid groups is 2. The molecule has 3 aromatic heterocycles. The first-order valence-corrected chi connectivity index (χ1v) is 16.0. The van der Waals surface area contributed by atoms with Gasteiger partial charge < -0.3 is 39.8 Å². The van der Waals surface area contributed by atoms with Crippen LogP contribution in [-0.2, 0) is 36.7 Å². The number of imidazole rings is 2. The zero-order valence-electron chi connectivity index (χ0n) is 22.2. The Morgan fingerprint density at radius 1 is 0.886 bits per heavy atom. The monoisotopic (exact) mass is 657 g/mol. The highest BCUT2D eigenvalue weighted by Gasteiger charge is 2.53. The molecule has 236 valence electrons. The molecule has 0 spiro atoms. The number of anilines is 1. The zero-order valence-corrected chi connectivity index (χ0v) is 24.0. The van der Waals surface area contributed by atoms with Gasteiger partial charge in [0.05, 0.1) is 36.9 Å². The van der Waals surface area contributed by atoms with Gasteiger partial charge in [0.25, 0.3) is 5.56 Å². The second kappa shape index (κ2) is 10.8. The van der Waals surface area contributed by atoms with E-state index in [2.05, 4.69) is 19.9 Å². The Kier molecular flexibility index (Phi) is 7.24. The Hall–Kier alpha value is -3.10. The van der Waals surface area contributed by atoms with Crippen molar-refractivity contribution in [2.45, 2.75) is 49.1 Å². The second-order valence-electron chi connectivity index (χ2n) is 10.2. The highest BCUT2D eigenvalue weighted by Crippen LogP contribution is 2.53. The van der Waals surface area contributed by atoms with Crippen LogP contribution >= 0.6 is 15.6 Å². The van der Waals surface area contributed by atoms with Gasteiger partial charge in [0.15, 0.2) is 23.6 Å². The number of aromatic nitrogens is 6. The molecular weight excluding hydrogens is 632 g/mol. The lowest BCUT2D eigenvalue weighted by molar-refractivity contribution is -0.0674. The van der Waals surface area contributed by atoms with Gasteiger partial charge >= 0.3 is 15.6 Å². The summed E-state index contributed by atoms with van der Waals surface area (Å²) >= 11 is 0. The topological polar surface area (TPSA) is 278 Å². The molecule has 7 rings (SSSR count). The van der Waals surface area contributed by atoms with Gasteiger partial charge in [0.1, 0.15) is 36.6 Å². The summed E-state index contributed by atoms with van der Waals surface area (Å²) in [5, 5.41) is 22.1. The van der Waals surface area contributed by atoms with Gasteiger partial charge in [-0.15, -0.1) is 0 Å². The number of aliphatic hydroxyl groups is 2. The van der Waals surface area contributed by atoms with E-state index in [1.807, 2.05) is 0 Å². The van der Waals surface area contributed by atoms with Crippen molar-refractivity contribution in [3.05, 3.63) is 47.3 Å². The van der Waals surface area contributed by atoms with Gasteiger partial charge in [-0.1, -0.05) is 12.1 Å². The largest absolute Gasteiger partial charge is 0.472 e. The Bertz CT molecular complexity index is 1880. The summed E-state index contributed by atoms with van der Waals surface area (Å²) in [4.78, 5) is 48.1. The van der Waals surface area contributed by atoms with E-state index in [0.717, 1.165) is 10.9 Å². The second-order valence-corrected chi connectivity index (χ2v) is 13.0. The molecular formula is C22H25N7O13P2. The number of aliphatic hydroxyl groups excluding tert-OH is 2. The first kappa shape index (κ1) is 29.6. The first-order chi connectivity index (χ1) is 20.9. The van der Waals surface area contributed by atoms with Crippen LogP contribution in [0.3, 0.4) is 0 Å². The molecule has 0 radical (unpaired) electrons. The van der Waals surface area contributed by atoms with Crippen LogP contribution in [0.1, 0.15) is 12.5 Å². The average Bonchev–Trinajstić information content (AvgIpc) is 3.72. The first-order valence-electron chi connectivity index (χ1n) is 13.0. The number of nitrogen functional groups attached to an aromatic ring is 1. The van der Waals surface area contributed by atoms with Crippen molar-refractivity contribution < 1.29 is 56.7 Å². The Labute approximate surface area is 245 Å². The van der Waals surface area contributed by atoms with Crippen molar-refractivity contribution in [3.8, 4) is 0 Å². The fourth-order valence-corrected chi connectivity index (χ4v) is 7.27. The molecule has 7 N–H and O–H groups in total. The molecule has 4 bridgehead atoms. The fourth-order valence-electron chi connectivity index (χ4n) is 5.40. The summed E-state index contributed by atoms with van der Waals surface area (Å²) in [6, 6.07) is 6.88. The van der Waals surface area contributed by atoms with Crippen molar-refractivity contribution in [3.63, 3.8) is 0 Å². The normalized spacial score (nSPS) is 38.3. The van der Waals surface area contributed by atoms with Gasteiger partial charge in [-0.3, -0.25) is 32.4 Å². The predicted octanol–water partition coefficient (Wildman–Crippen LogP) is -0.714. The van der Waals surface area contributed by atoms with Gasteiger partial charge in [0, 0.05) is 0 Å². The summed E-state index contributed by atoms with van der Waals surface area (Å²) in [5.41, 5.74) is 5.77. The van der Waals surface area contributed by atoms with Crippen LogP contribution in [0.5, 0.6) is 0 Å². The summed E-state index contributed by atoms with van der Waals surface area (Å²) < 4.78 is 61.6. The van der Waals surface area contributed by atoms with Crippen LogP contribution in [0, 0.1) is 0 Å². The molecule has 0 amide bonds. The van der Waals surface area contributed by atoms with E-state index < -0.39 is 83.5 Å². The van der Waals surface area contributed by atoms with Gasteiger partial charge in [0.2, 0.25) is 5.95 Å². The minimum Gasteiger partial charge on any atom is -0.387 e. The lowest BCUT2D eigenvalue weighted by Gasteiger charge is -2.26. The Morgan fingerprint density at radius 3 is 2.09 bits per heavy atom. The highest BCUT2D eigenvalue weighted by molar-refractivity contribution is 7.47. The molecule has 10 unspecified atom stereocenters. The molecule has 1 aromatic carbocycles. The summed E-state index contributed by atoms with van der Waals surface area (Å²) in [5.74, 6) is -0.274. The number of para-hydroxylation sites is 2. The van der Waals surface area contributed by atoms with Crippen molar-refractivity contribution in [2.75, 3.05) is 18.9 Å². The number of phosphoric ester groups is 2. The number of hydrogen-bond acceptors (Lipinski definition) is 15. The van der Waals surface area contributed by atoms with E-state index in [-0.39, 0.29) is 17.1 Å². The molecule has 3 saturated heterocycles. The number of nitrogens with zero attached hydrogens (tertiary/aromatic N) is 5. The lowest BCUT2D eigenvalue weighted by Crippen LogP contribution is -2.38. The molecule has 44 heavy (non-hydrogen) atoms. The number of hydrogen-bond donors (Lipinski definition) is 6. The van der Waals surface area contributed by atoms with Crippen LogP contribution in [0.2, 0.25) is 0 Å². The molecule has 10 atom stereocenters. The molecule has 0 aliphatic carbocycles. The number of rotatable bonds is 2. The quantitative estimate of drug-likeness (QED) is 0.145. The van der Waals surface area contributed by atoms with E-state index in [1.165, 1.54) is 10.9 Å². The number of fused-ring (bicyclic) bond motifs is 6. The molecule has 6 heterocycles. The maximum atomic E-state index is 13.1. The third kappa shape index (κ3) is 5.18. The van der Waals surface area contributed by atoms with Crippen LogP contribution in [0.4, 0.5) is 5.95 Å². The molecule has 22 heteroatoms. The average molecular weight is 657 g/mol. The number of ether oxygens (including phenoxy) is 2. The van der Waals surface area contributed by atoms with Crippen LogP contribution in [0.15, 0.2) is 41.7 Å². The van der Waals surface area contributed by atoms with E-state index in [1.54, 1.807) is 24.3 Å². The summed E-state index contributed by atoms with van der Waals surface area (Å²) in [6.07, 6.45) is -9.76. The molecule has 3 aliphatic heterocycles. The number of benzene rings is 1. The molecule has 0 saturated carbocycles. The fraction of sp³-hybridized carbons (Fsp3) is 0.455. The third-order valence-corrected chi connectivity index (χ3v) is 9.39. The minimum atomic E-state index is -5.05. The molecule has 20 nitrogen and oxygen atoms in total. The standard InChI is InChI=1S/C22H25N7O13P2/c23-22-26-18-13(19(32)27-22)25-8-29(18)21-17-15(31)12(40-21)6-38-43(33,34)41-16-14(30)11(5-37-44(35,36)42-17)39-20(16)28-7-24-9-3-1-2-4-10(9)28/h1-4,7-8,11-12,14-17,20-21,30-31H,5-6H2,(H,33,34)(H,35,36)(H3,23,26,27,32). The van der Waals surface area contributed by atoms with Gasteiger partial charge in [-0.05, 0) is 12.1 Å². The van der Waals surface area contributed by atoms with E-state index in [9.17, 15) is 33.9 Å². The van der Waals surface area contributed by atoms with E-state index in [4.69, 9.17) is 33.3 Å². The minimum absolute atomic E-state index is 0.117. The SMILES string of the molecule is Nc1nc2c(ncn2C2OC3COP(=O)(O)OC4C(O)C(COP(=O)(O)OC2C3O)OC4n2cnc3ccccc32)c(=O)[nH]1.